The predicted molar refractivity (Wildman–Crippen MR) is 90.9 cm³/mol. The molecule has 1 amide bonds. The van der Waals surface area contributed by atoms with E-state index < -0.39 is 0 Å². The quantitative estimate of drug-likeness (QED) is 0.730. The molecule has 0 bridgehead atoms. The third kappa shape index (κ3) is 5.26. The maximum absolute atomic E-state index is 12.2. The van der Waals surface area contributed by atoms with Crippen LogP contribution in [0, 0.1) is 0 Å². The second kappa shape index (κ2) is 9.12. The Morgan fingerprint density at radius 3 is 2.82 bits per heavy atom. The fourth-order valence-corrected chi connectivity index (χ4v) is 2.70. The Morgan fingerprint density at radius 1 is 1.41 bits per heavy atom. The van der Waals surface area contributed by atoms with E-state index in [0.29, 0.717) is 11.3 Å². The first-order chi connectivity index (χ1) is 10.1. The molecule has 1 unspecified atom stereocenters. The summed E-state index contributed by atoms with van der Waals surface area (Å²) in [5.74, 6) is 0.363. The Labute approximate surface area is 144 Å². The minimum absolute atomic E-state index is 0. The summed E-state index contributed by atoms with van der Waals surface area (Å²) < 4.78 is 6.00. The number of amides is 1. The summed E-state index contributed by atoms with van der Waals surface area (Å²) in [6.07, 6.45) is 1.32. The Balaban J connectivity index is 0.00000242. The third-order valence-electron chi connectivity index (χ3n) is 3.47. The van der Waals surface area contributed by atoms with Gasteiger partial charge in [-0.25, -0.2) is 0 Å². The van der Waals surface area contributed by atoms with Crippen LogP contribution in [0.1, 0.15) is 29.6 Å². The Kier molecular flexibility index (Phi) is 7.85. The van der Waals surface area contributed by atoms with E-state index in [1.165, 1.54) is 7.11 Å². The van der Waals surface area contributed by atoms with Gasteiger partial charge in [-0.2, -0.15) is 0 Å². The van der Waals surface area contributed by atoms with Crippen molar-refractivity contribution in [2.24, 2.45) is 0 Å². The first-order valence-electron chi connectivity index (χ1n) is 6.97. The summed E-state index contributed by atoms with van der Waals surface area (Å²) in [6.45, 7) is 1.73. The third-order valence-corrected chi connectivity index (χ3v) is 3.96. The van der Waals surface area contributed by atoms with E-state index in [1.54, 1.807) is 12.1 Å². The lowest BCUT2D eigenvalue weighted by Gasteiger charge is -2.11. The van der Waals surface area contributed by atoms with Gasteiger partial charge in [-0.1, -0.05) is 15.9 Å². The molecule has 0 saturated carbocycles. The lowest BCUT2D eigenvalue weighted by atomic mass is 10.1. The number of hydrogen-bond acceptors (Lipinski definition) is 4. The minimum atomic E-state index is -0.0900. The van der Waals surface area contributed by atoms with Crippen molar-refractivity contribution >= 4 is 40.0 Å². The van der Waals surface area contributed by atoms with Crippen LogP contribution in [0.15, 0.2) is 22.7 Å². The minimum Gasteiger partial charge on any atom is -0.496 e. The highest BCUT2D eigenvalue weighted by molar-refractivity contribution is 9.10. The zero-order valence-electron chi connectivity index (χ0n) is 12.4. The van der Waals surface area contributed by atoms with Gasteiger partial charge in [0.1, 0.15) is 5.75 Å². The van der Waals surface area contributed by atoms with Gasteiger partial charge in [-0.15, -0.1) is 12.4 Å². The molecule has 1 aliphatic heterocycles. The van der Waals surface area contributed by atoms with Gasteiger partial charge in [0.15, 0.2) is 5.78 Å². The van der Waals surface area contributed by atoms with Gasteiger partial charge in [-0.3, -0.25) is 9.59 Å². The number of carbonyl (C=O) groups excluding carboxylic acids is 2. The second-order valence-electron chi connectivity index (χ2n) is 5.03. The van der Waals surface area contributed by atoms with Crippen LogP contribution in [-0.4, -0.2) is 37.9 Å². The largest absolute Gasteiger partial charge is 0.496 e. The molecule has 1 aromatic rings. The van der Waals surface area contributed by atoms with Crippen molar-refractivity contribution < 1.29 is 14.3 Å². The number of ketones is 1. The van der Waals surface area contributed by atoms with E-state index in [-0.39, 0.29) is 43.0 Å². The molecule has 1 aromatic carbocycles. The van der Waals surface area contributed by atoms with Crippen molar-refractivity contribution in [2.45, 2.75) is 25.3 Å². The number of benzene rings is 1. The molecule has 2 rings (SSSR count). The lowest BCUT2D eigenvalue weighted by Crippen LogP contribution is -2.36. The van der Waals surface area contributed by atoms with Crippen molar-refractivity contribution in [2.75, 3.05) is 20.2 Å². The average molecular weight is 392 g/mol. The van der Waals surface area contributed by atoms with Crippen molar-refractivity contribution in [3.05, 3.63) is 28.2 Å². The molecular formula is C15H20BrClN2O3. The van der Waals surface area contributed by atoms with E-state index in [0.717, 1.165) is 24.0 Å². The topological polar surface area (TPSA) is 67.4 Å². The zero-order valence-corrected chi connectivity index (χ0v) is 14.8. The number of halogens is 2. The molecule has 7 heteroatoms. The lowest BCUT2D eigenvalue weighted by molar-refractivity contribution is -0.121. The molecule has 22 heavy (non-hydrogen) atoms. The smallest absolute Gasteiger partial charge is 0.220 e. The van der Waals surface area contributed by atoms with Crippen molar-refractivity contribution in [1.29, 1.82) is 0 Å². The first-order valence-corrected chi connectivity index (χ1v) is 7.76. The van der Waals surface area contributed by atoms with E-state index in [4.69, 9.17) is 4.74 Å². The van der Waals surface area contributed by atoms with Crippen molar-refractivity contribution in [3.63, 3.8) is 0 Å². The van der Waals surface area contributed by atoms with Gasteiger partial charge in [0.2, 0.25) is 5.91 Å². The van der Waals surface area contributed by atoms with Crippen LogP contribution in [0.4, 0.5) is 0 Å². The van der Waals surface area contributed by atoms with Crippen LogP contribution < -0.4 is 15.4 Å². The number of methoxy groups -OCH3 is 1. The second-order valence-corrected chi connectivity index (χ2v) is 5.94. The fourth-order valence-electron chi connectivity index (χ4n) is 2.34. The maximum atomic E-state index is 12.2. The Morgan fingerprint density at radius 2 is 2.18 bits per heavy atom. The standard InChI is InChI=1S/C15H19BrN2O3.ClH/c1-21-14-4-2-10(16)8-12(14)13(19)3-5-15(20)18-11-6-7-17-9-11;/h2,4,8,11,17H,3,5-7,9H2,1H3,(H,18,20);1H. The number of ether oxygens (including phenoxy) is 1. The van der Waals surface area contributed by atoms with Gasteiger partial charge in [-0.05, 0) is 31.2 Å². The number of rotatable bonds is 6. The highest BCUT2D eigenvalue weighted by atomic mass is 79.9. The fraction of sp³-hybridized carbons (Fsp3) is 0.467. The van der Waals surface area contributed by atoms with Gasteiger partial charge in [0.05, 0.1) is 12.7 Å². The van der Waals surface area contributed by atoms with E-state index in [2.05, 4.69) is 26.6 Å². The van der Waals surface area contributed by atoms with Crippen molar-refractivity contribution in [3.8, 4) is 5.75 Å². The van der Waals surface area contributed by atoms with Crippen LogP contribution >= 0.6 is 28.3 Å². The van der Waals surface area contributed by atoms with E-state index in [9.17, 15) is 9.59 Å². The maximum Gasteiger partial charge on any atom is 0.220 e. The van der Waals surface area contributed by atoms with Gasteiger partial charge < -0.3 is 15.4 Å². The highest BCUT2D eigenvalue weighted by Crippen LogP contribution is 2.24. The summed E-state index contributed by atoms with van der Waals surface area (Å²) >= 11 is 3.34. The first kappa shape index (κ1) is 18.9. The normalized spacial score (nSPS) is 16.7. The van der Waals surface area contributed by atoms with Gasteiger partial charge in [0, 0.05) is 29.9 Å². The summed E-state index contributed by atoms with van der Waals surface area (Å²) in [6, 6.07) is 5.46. The van der Waals surface area contributed by atoms with Crippen LogP contribution in [0.2, 0.25) is 0 Å². The average Bonchev–Trinajstić information content (AvgIpc) is 2.97. The molecule has 0 aromatic heterocycles. The summed E-state index contributed by atoms with van der Waals surface area (Å²) in [5.41, 5.74) is 0.502. The molecular weight excluding hydrogens is 372 g/mol. The van der Waals surface area contributed by atoms with Crippen LogP contribution in [0.25, 0.3) is 0 Å². The zero-order chi connectivity index (χ0) is 15.2. The molecule has 1 atom stereocenters. The Hall–Kier alpha value is -1.11. The summed E-state index contributed by atoms with van der Waals surface area (Å²) in [5, 5.41) is 6.12. The molecule has 122 valence electrons. The molecule has 1 fully saturated rings. The summed E-state index contributed by atoms with van der Waals surface area (Å²) in [4.78, 5) is 24.0. The Bertz CT molecular complexity index is 534. The molecule has 2 N–H and O–H groups in total. The van der Waals surface area contributed by atoms with Crippen LogP contribution in [0.3, 0.4) is 0 Å². The van der Waals surface area contributed by atoms with Gasteiger partial charge >= 0.3 is 0 Å². The molecule has 5 nitrogen and oxygen atoms in total. The number of hydrogen-bond donors (Lipinski definition) is 2. The number of nitrogens with one attached hydrogen (secondary N) is 2. The predicted octanol–water partition coefficient (Wildman–Crippen LogP) is 2.32. The van der Waals surface area contributed by atoms with Crippen LogP contribution in [0.5, 0.6) is 5.75 Å². The summed E-state index contributed by atoms with van der Waals surface area (Å²) in [7, 11) is 1.53. The molecule has 0 spiro atoms. The highest BCUT2D eigenvalue weighted by Gasteiger charge is 2.18. The van der Waals surface area contributed by atoms with E-state index >= 15 is 0 Å². The molecule has 0 aliphatic carbocycles. The molecule has 1 aliphatic rings. The SMILES string of the molecule is COc1ccc(Br)cc1C(=O)CCC(=O)NC1CCNC1.Cl. The number of carbonyl (C=O) groups is 2. The van der Waals surface area contributed by atoms with E-state index in [1.807, 2.05) is 6.07 Å². The molecule has 0 radical (unpaired) electrons. The molecule has 1 heterocycles. The number of Topliss-reactive ketones (excluding diaryl/α,β-unsaturated/α-hetero) is 1. The van der Waals surface area contributed by atoms with Gasteiger partial charge in [0.25, 0.3) is 0 Å². The monoisotopic (exact) mass is 390 g/mol. The van der Waals surface area contributed by atoms with Crippen molar-refractivity contribution in [1.82, 2.24) is 10.6 Å². The van der Waals surface area contributed by atoms with Crippen LogP contribution in [-0.2, 0) is 4.79 Å². The molecule has 1 saturated heterocycles.